The van der Waals surface area contributed by atoms with Crippen LogP contribution >= 0.6 is 0 Å². The van der Waals surface area contributed by atoms with Crippen LogP contribution in [0.3, 0.4) is 0 Å². The number of hydrogen-bond acceptors (Lipinski definition) is 4. The molecule has 5 rings (SSSR count). The molecule has 0 atom stereocenters. The Morgan fingerprint density at radius 1 is 0.714 bits per heavy atom. The van der Waals surface area contributed by atoms with Gasteiger partial charge < -0.3 is 8.83 Å². The van der Waals surface area contributed by atoms with Gasteiger partial charge in [-0.15, -0.1) is 0 Å². The number of rotatable bonds is 3. The van der Waals surface area contributed by atoms with Gasteiger partial charge in [-0.1, -0.05) is 72.8 Å². The summed E-state index contributed by atoms with van der Waals surface area (Å²) in [6, 6.07) is 25.3. The van der Waals surface area contributed by atoms with Crippen molar-refractivity contribution in [1.82, 2.24) is 0 Å². The summed E-state index contributed by atoms with van der Waals surface area (Å²) in [5.74, 6) is -0.143. The van der Waals surface area contributed by atoms with Gasteiger partial charge in [0, 0.05) is 11.1 Å². The lowest BCUT2D eigenvalue weighted by atomic mass is 9.98. The molecular formula is C24H14O4. The minimum absolute atomic E-state index is 0.135. The van der Waals surface area contributed by atoms with E-state index < -0.39 is 5.63 Å². The molecule has 0 aliphatic rings. The molecule has 0 saturated heterocycles. The maximum Gasteiger partial charge on any atom is 0.348 e. The van der Waals surface area contributed by atoms with E-state index in [4.69, 9.17) is 8.83 Å². The molecule has 4 heteroatoms. The average Bonchev–Trinajstić information content (AvgIpc) is 3.16. The van der Waals surface area contributed by atoms with Gasteiger partial charge in [0.25, 0.3) is 0 Å². The first kappa shape index (κ1) is 16.3. The lowest BCUT2D eigenvalue weighted by Crippen LogP contribution is -2.03. The second-order valence-corrected chi connectivity index (χ2v) is 6.46. The third-order valence-electron chi connectivity index (χ3n) is 4.75. The van der Waals surface area contributed by atoms with Gasteiger partial charge in [0.15, 0.2) is 11.3 Å². The summed E-state index contributed by atoms with van der Waals surface area (Å²) in [6.07, 6.45) is 0. The van der Waals surface area contributed by atoms with E-state index in [0.29, 0.717) is 27.7 Å². The molecule has 0 saturated carbocycles. The summed E-state index contributed by atoms with van der Waals surface area (Å²) < 4.78 is 11.6. The minimum atomic E-state index is -0.525. The predicted molar refractivity (Wildman–Crippen MR) is 108 cm³/mol. The van der Waals surface area contributed by atoms with Gasteiger partial charge >= 0.3 is 5.63 Å². The first-order valence-electron chi connectivity index (χ1n) is 8.87. The SMILES string of the molecule is O=C(c1ccccc1)c1oc2c(c1-c1ccccc1)c(=O)oc1ccccc12. The molecule has 0 spiro atoms. The molecule has 0 radical (unpaired) electrons. The molecule has 0 bridgehead atoms. The summed E-state index contributed by atoms with van der Waals surface area (Å²) in [7, 11) is 0. The second kappa shape index (κ2) is 6.35. The summed E-state index contributed by atoms with van der Waals surface area (Å²) in [4.78, 5) is 26.1. The van der Waals surface area contributed by atoms with E-state index in [0.717, 1.165) is 5.56 Å². The number of hydrogen-bond donors (Lipinski definition) is 0. The van der Waals surface area contributed by atoms with E-state index in [2.05, 4.69) is 0 Å². The van der Waals surface area contributed by atoms with Crippen molar-refractivity contribution < 1.29 is 13.6 Å². The Balaban J connectivity index is 1.92. The van der Waals surface area contributed by atoms with Crippen LogP contribution in [0, 0.1) is 0 Å². The number of para-hydroxylation sites is 1. The molecule has 2 heterocycles. The van der Waals surface area contributed by atoms with E-state index in [-0.39, 0.29) is 16.9 Å². The highest BCUT2D eigenvalue weighted by molar-refractivity contribution is 6.18. The van der Waals surface area contributed by atoms with E-state index in [1.807, 2.05) is 48.5 Å². The van der Waals surface area contributed by atoms with Crippen LogP contribution in [0.5, 0.6) is 0 Å². The molecule has 2 aromatic heterocycles. The number of ketones is 1. The zero-order chi connectivity index (χ0) is 19.1. The van der Waals surface area contributed by atoms with Crippen molar-refractivity contribution in [1.29, 1.82) is 0 Å². The Bertz CT molecular complexity index is 1380. The lowest BCUT2D eigenvalue weighted by molar-refractivity contribution is 0.101. The van der Waals surface area contributed by atoms with Crippen LogP contribution in [0.15, 0.2) is 98.6 Å². The Morgan fingerprint density at radius 3 is 2.11 bits per heavy atom. The van der Waals surface area contributed by atoms with Crippen molar-refractivity contribution in [2.45, 2.75) is 0 Å². The van der Waals surface area contributed by atoms with Crippen LogP contribution in [0.1, 0.15) is 16.1 Å². The van der Waals surface area contributed by atoms with Gasteiger partial charge in [0.05, 0.1) is 5.39 Å². The third kappa shape index (κ3) is 2.47. The van der Waals surface area contributed by atoms with Crippen LogP contribution in [0.2, 0.25) is 0 Å². The van der Waals surface area contributed by atoms with E-state index >= 15 is 0 Å². The summed E-state index contributed by atoms with van der Waals surface area (Å²) in [6.45, 7) is 0. The highest BCUT2D eigenvalue weighted by Gasteiger charge is 2.26. The molecule has 0 amide bonds. The highest BCUT2D eigenvalue weighted by Crippen LogP contribution is 2.37. The summed E-state index contributed by atoms with van der Waals surface area (Å²) >= 11 is 0. The fourth-order valence-electron chi connectivity index (χ4n) is 3.47. The average molecular weight is 366 g/mol. The van der Waals surface area contributed by atoms with Crippen molar-refractivity contribution in [2.75, 3.05) is 0 Å². The first-order chi connectivity index (χ1) is 13.7. The van der Waals surface area contributed by atoms with Crippen LogP contribution in [0.25, 0.3) is 33.1 Å². The molecule has 28 heavy (non-hydrogen) atoms. The van der Waals surface area contributed by atoms with Gasteiger partial charge in [-0.3, -0.25) is 4.79 Å². The van der Waals surface area contributed by atoms with Gasteiger partial charge in [0.2, 0.25) is 5.78 Å². The molecule has 0 aliphatic heterocycles. The monoisotopic (exact) mass is 366 g/mol. The van der Waals surface area contributed by atoms with E-state index in [1.165, 1.54) is 0 Å². The number of furan rings is 1. The predicted octanol–water partition coefficient (Wildman–Crippen LogP) is 5.44. The maximum absolute atomic E-state index is 13.2. The first-order valence-corrected chi connectivity index (χ1v) is 8.87. The fourth-order valence-corrected chi connectivity index (χ4v) is 3.47. The topological polar surface area (TPSA) is 60.4 Å². The molecule has 0 fully saturated rings. The Kier molecular flexibility index (Phi) is 3.69. The molecule has 0 unspecified atom stereocenters. The number of carbonyl (C=O) groups is 1. The number of benzene rings is 3. The Morgan fingerprint density at radius 2 is 1.36 bits per heavy atom. The largest absolute Gasteiger partial charge is 0.451 e. The van der Waals surface area contributed by atoms with E-state index in [9.17, 15) is 9.59 Å². The van der Waals surface area contributed by atoms with Gasteiger partial charge in [0.1, 0.15) is 11.0 Å². The fraction of sp³-hybridized carbons (Fsp3) is 0. The third-order valence-corrected chi connectivity index (χ3v) is 4.75. The Hall–Kier alpha value is -3.92. The van der Waals surface area contributed by atoms with Crippen molar-refractivity contribution in [3.8, 4) is 11.1 Å². The van der Waals surface area contributed by atoms with Crippen LogP contribution < -0.4 is 5.63 Å². The van der Waals surface area contributed by atoms with Gasteiger partial charge in [-0.05, 0) is 17.7 Å². The highest BCUT2D eigenvalue weighted by atomic mass is 16.4. The number of carbonyl (C=O) groups excluding carboxylic acids is 1. The molecule has 5 aromatic rings. The molecule has 0 N–H and O–H groups in total. The summed E-state index contributed by atoms with van der Waals surface area (Å²) in [5, 5.41) is 0.936. The van der Waals surface area contributed by atoms with Crippen LogP contribution in [0.4, 0.5) is 0 Å². The zero-order valence-electron chi connectivity index (χ0n) is 14.7. The minimum Gasteiger partial charge on any atom is -0.451 e. The molecule has 134 valence electrons. The summed E-state index contributed by atoms with van der Waals surface area (Å²) in [5.41, 5.74) is 1.94. The maximum atomic E-state index is 13.2. The van der Waals surface area contributed by atoms with Crippen molar-refractivity contribution >= 4 is 27.7 Å². The quantitative estimate of drug-likeness (QED) is 0.315. The van der Waals surface area contributed by atoms with Crippen molar-refractivity contribution in [2.24, 2.45) is 0 Å². The van der Waals surface area contributed by atoms with E-state index in [1.54, 1.807) is 36.4 Å². The normalized spacial score (nSPS) is 11.1. The smallest absolute Gasteiger partial charge is 0.348 e. The van der Waals surface area contributed by atoms with Crippen molar-refractivity contribution in [3.05, 3.63) is 107 Å². The molecule has 4 nitrogen and oxygen atoms in total. The second-order valence-electron chi connectivity index (χ2n) is 6.46. The Labute approximate surface area is 159 Å². The van der Waals surface area contributed by atoms with Gasteiger partial charge in [-0.25, -0.2) is 4.79 Å². The van der Waals surface area contributed by atoms with Crippen molar-refractivity contribution in [3.63, 3.8) is 0 Å². The van der Waals surface area contributed by atoms with Crippen LogP contribution in [-0.2, 0) is 0 Å². The van der Waals surface area contributed by atoms with Crippen LogP contribution in [-0.4, -0.2) is 5.78 Å². The standard InChI is InChI=1S/C24H14O4/c25-21(16-11-5-2-6-12-16)23-19(15-9-3-1-4-10-15)20-22(28-23)17-13-7-8-14-18(17)27-24(20)26/h1-14H. The zero-order valence-corrected chi connectivity index (χ0v) is 14.7. The number of fused-ring (bicyclic) bond motifs is 3. The molecule has 3 aromatic carbocycles. The molecular weight excluding hydrogens is 352 g/mol. The molecule has 0 aliphatic carbocycles. The van der Waals surface area contributed by atoms with Gasteiger partial charge in [-0.2, -0.15) is 0 Å². The lowest BCUT2D eigenvalue weighted by Gasteiger charge is -2.03.